The summed E-state index contributed by atoms with van der Waals surface area (Å²) in [5.74, 6) is 1.44. The molecule has 3 rings (SSSR count). The van der Waals surface area contributed by atoms with Crippen molar-refractivity contribution in [1.29, 1.82) is 5.26 Å². The van der Waals surface area contributed by atoms with Gasteiger partial charge in [-0.15, -0.1) is 0 Å². The topological polar surface area (TPSA) is 85.9 Å². The molecule has 0 unspecified atom stereocenters. The molecule has 0 amide bonds. The summed E-state index contributed by atoms with van der Waals surface area (Å²) in [4.78, 5) is 15.2. The standard InChI is InChI=1S/C16H17N5O/c1-11-12(2)19-14(13-4-3-7-18-8-13)20-15(11)21-9-16(22,10-21)5-6-17/h3-4,7-8,22H,5,9-10H2,1-2H3. The maximum absolute atomic E-state index is 10.2. The van der Waals surface area contributed by atoms with Crippen molar-refractivity contribution < 1.29 is 5.11 Å². The fourth-order valence-electron chi connectivity index (χ4n) is 2.62. The first-order chi connectivity index (χ1) is 10.5. The molecule has 0 atom stereocenters. The Morgan fingerprint density at radius 3 is 2.77 bits per heavy atom. The highest BCUT2D eigenvalue weighted by Crippen LogP contribution is 2.32. The summed E-state index contributed by atoms with van der Waals surface area (Å²) in [5, 5.41) is 18.9. The van der Waals surface area contributed by atoms with Gasteiger partial charge in [-0.1, -0.05) is 0 Å². The molecule has 2 aromatic rings. The molecule has 0 spiro atoms. The number of nitrogens with zero attached hydrogens (tertiary/aromatic N) is 5. The molecular weight excluding hydrogens is 278 g/mol. The van der Waals surface area contributed by atoms with Crippen LogP contribution >= 0.6 is 0 Å². The Morgan fingerprint density at radius 2 is 2.14 bits per heavy atom. The van der Waals surface area contributed by atoms with E-state index in [0.717, 1.165) is 22.6 Å². The zero-order valence-electron chi connectivity index (χ0n) is 12.6. The zero-order valence-corrected chi connectivity index (χ0v) is 12.6. The molecule has 22 heavy (non-hydrogen) atoms. The third-order valence-corrected chi connectivity index (χ3v) is 3.96. The van der Waals surface area contributed by atoms with Crippen LogP contribution in [0, 0.1) is 25.2 Å². The maximum Gasteiger partial charge on any atom is 0.163 e. The zero-order chi connectivity index (χ0) is 15.7. The van der Waals surface area contributed by atoms with Crippen molar-refractivity contribution in [1.82, 2.24) is 15.0 Å². The predicted octanol–water partition coefficient (Wildman–Crippen LogP) is 1.62. The maximum atomic E-state index is 10.2. The van der Waals surface area contributed by atoms with Gasteiger partial charge in [-0.05, 0) is 26.0 Å². The van der Waals surface area contributed by atoms with E-state index < -0.39 is 5.60 Å². The Balaban J connectivity index is 1.93. The van der Waals surface area contributed by atoms with Gasteiger partial charge in [0.25, 0.3) is 0 Å². The summed E-state index contributed by atoms with van der Waals surface area (Å²) in [6.07, 6.45) is 3.58. The third-order valence-electron chi connectivity index (χ3n) is 3.96. The molecule has 1 aliphatic heterocycles. The van der Waals surface area contributed by atoms with Gasteiger partial charge in [0.1, 0.15) is 11.4 Å². The Bertz CT molecular complexity index is 732. The number of hydrogen-bond donors (Lipinski definition) is 1. The van der Waals surface area contributed by atoms with Crippen LogP contribution in [0.4, 0.5) is 5.82 Å². The van der Waals surface area contributed by atoms with Crippen molar-refractivity contribution in [2.24, 2.45) is 0 Å². The summed E-state index contributed by atoms with van der Waals surface area (Å²) >= 11 is 0. The van der Waals surface area contributed by atoms with E-state index in [-0.39, 0.29) is 6.42 Å². The molecule has 1 fully saturated rings. The molecule has 0 aliphatic carbocycles. The Morgan fingerprint density at radius 1 is 1.36 bits per heavy atom. The molecule has 2 aromatic heterocycles. The van der Waals surface area contributed by atoms with Crippen LogP contribution in [0.5, 0.6) is 0 Å². The van der Waals surface area contributed by atoms with Gasteiger partial charge in [-0.3, -0.25) is 4.98 Å². The number of aryl methyl sites for hydroxylation is 1. The van der Waals surface area contributed by atoms with Crippen LogP contribution in [0.2, 0.25) is 0 Å². The van der Waals surface area contributed by atoms with Crippen LogP contribution in [-0.2, 0) is 0 Å². The number of hydrogen-bond acceptors (Lipinski definition) is 6. The highest BCUT2D eigenvalue weighted by Gasteiger charge is 2.42. The average Bonchev–Trinajstić information content (AvgIpc) is 2.48. The second-order valence-corrected chi connectivity index (χ2v) is 5.74. The largest absolute Gasteiger partial charge is 0.385 e. The molecule has 0 saturated carbocycles. The number of aromatic nitrogens is 3. The minimum atomic E-state index is -0.922. The van der Waals surface area contributed by atoms with Crippen LogP contribution in [0.1, 0.15) is 17.7 Å². The molecule has 1 N–H and O–H groups in total. The van der Waals surface area contributed by atoms with Gasteiger partial charge >= 0.3 is 0 Å². The fraction of sp³-hybridized carbons (Fsp3) is 0.375. The van der Waals surface area contributed by atoms with E-state index in [1.807, 2.05) is 36.9 Å². The van der Waals surface area contributed by atoms with Crippen LogP contribution in [0.15, 0.2) is 24.5 Å². The highest BCUT2D eigenvalue weighted by atomic mass is 16.3. The average molecular weight is 295 g/mol. The SMILES string of the molecule is Cc1nc(-c2cccnc2)nc(N2CC(O)(CC#N)C2)c1C. The number of nitriles is 1. The van der Waals surface area contributed by atoms with Crippen LogP contribution in [0.3, 0.4) is 0 Å². The lowest BCUT2D eigenvalue weighted by Crippen LogP contribution is -2.62. The lowest BCUT2D eigenvalue weighted by atomic mass is 9.90. The van der Waals surface area contributed by atoms with E-state index >= 15 is 0 Å². The van der Waals surface area contributed by atoms with Crippen molar-refractivity contribution in [3.8, 4) is 17.5 Å². The smallest absolute Gasteiger partial charge is 0.163 e. The van der Waals surface area contributed by atoms with E-state index in [4.69, 9.17) is 5.26 Å². The molecule has 0 radical (unpaired) electrons. The molecule has 3 heterocycles. The monoisotopic (exact) mass is 295 g/mol. The number of β-amino-alcohol motifs (C(OH)–C–C–N with tert-alkyl or cyclic N) is 1. The van der Waals surface area contributed by atoms with Gasteiger partial charge in [0.05, 0.1) is 25.6 Å². The summed E-state index contributed by atoms with van der Waals surface area (Å²) in [6.45, 7) is 4.76. The van der Waals surface area contributed by atoms with Crippen molar-refractivity contribution in [2.45, 2.75) is 25.9 Å². The molecule has 0 aromatic carbocycles. The molecule has 112 valence electrons. The van der Waals surface area contributed by atoms with E-state index in [1.165, 1.54) is 0 Å². The lowest BCUT2D eigenvalue weighted by molar-refractivity contribution is 0.0161. The first kappa shape index (κ1) is 14.4. The predicted molar refractivity (Wildman–Crippen MR) is 82.1 cm³/mol. The molecular formula is C16H17N5O. The van der Waals surface area contributed by atoms with Crippen LogP contribution < -0.4 is 4.90 Å². The van der Waals surface area contributed by atoms with E-state index in [0.29, 0.717) is 18.9 Å². The number of anilines is 1. The third kappa shape index (κ3) is 2.51. The first-order valence-electron chi connectivity index (χ1n) is 7.12. The molecule has 1 saturated heterocycles. The summed E-state index contributed by atoms with van der Waals surface area (Å²) in [5.41, 5.74) is 1.83. The van der Waals surface area contributed by atoms with Crippen molar-refractivity contribution in [2.75, 3.05) is 18.0 Å². The summed E-state index contributed by atoms with van der Waals surface area (Å²) in [7, 11) is 0. The first-order valence-corrected chi connectivity index (χ1v) is 7.12. The fourth-order valence-corrected chi connectivity index (χ4v) is 2.62. The van der Waals surface area contributed by atoms with Gasteiger partial charge < -0.3 is 10.0 Å². The molecule has 0 bridgehead atoms. The van der Waals surface area contributed by atoms with Gasteiger partial charge in [0.15, 0.2) is 5.82 Å². The second-order valence-electron chi connectivity index (χ2n) is 5.74. The van der Waals surface area contributed by atoms with Crippen molar-refractivity contribution in [3.05, 3.63) is 35.8 Å². The Hall–Kier alpha value is -2.52. The summed E-state index contributed by atoms with van der Waals surface area (Å²) in [6, 6.07) is 5.80. The summed E-state index contributed by atoms with van der Waals surface area (Å²) < 4.78 is 0. The van der Waals surface area contributed by atoms with Crippen LogP contribution in [0.25, 0.3) is 11.4 Å². The van der Waals surface area contributed by atoms with Crippen molar-refractivity contribution in [3.63, 3.8) is 0 Å². The Labute approximate surface area is 129 Å². The normalized spacial score (nSPS) is 16.0. The van der Waals surface area contributed by atoms with Crippen LogP contribution in [-0.4, -0.2) is 38.7 Å². The van der Waals surface area contributed by atoms with Gasteiger partial charge in [0.2, 0.25) is 0 Å². The quantitative estimate of drug-likeness (QED) is 0.926. The van der Waals surface area contributed by atoms with Gasteiger partial charge in [-0.25, -0.2) is 9.97 Å². The molecule has 6 heteroatoms. The highest BCUT2D eigenvalue weighted by molar-refractivity contribution is 5.60. The van der Waals surface area contributed by atoms with E-state index in [9.17, 15) is 5.11 Å². The van der Waals surface area contributed by atoms with Crippen molar-refractivity contribution >= 4 is 5.82 Å². The number of aliphatic hydroxyl groups is 1. The van der Waals surface area contributed by atoms with Gasteiger partial charge in [0, 0.05) is 29.2 Å². The Kier molecular flexibility index (Phi) is 3.51. The van der Waals surface area contributed by atoms with E-state index in [1.54, 1.807) is 12.4 Å². The molecule has 1 aliphatic rings. The number of pyridine rings is 1. The number of rotatable bonds is 3. The van der Waals surface area contributed by atoms with E-state index in [2.05, 4.69) is 15.0 Å². The minimum absolute atomic E-state index is 0.141. The lowest BCUT2D eigenvalue weighted by Gasteiger charge is -2.46. The minimum Gasteiger partial charge on any atom is -0.385 e. The second kappa shape index (κ2) is 5.35. The van der Waals surface area contributed by atoms with Gasteiger partial charge in [-0.2, -0.15) is 5.26 Å². The molecule has 6 nitrogen and oxygen atoms in total.